The van der Waals surface area contributed by atoms with E-state index < -0.39 is 5.60 Å². The fourth-order valence-corrected chi connectivity index (χ4v) is 3.36. The number of nitrogens with zero attached hydrogens (tertiary/aromatic N) is 4. The van der Waals surface area contributed by atoms with Gasteiger partial charge in [0.15, 0.2) is 0 Å². The van der Waals surface area contributed by atoms with Crippen LogP contribution in [0.15, 0.2) is 36.5 Å². The number of nitrogens with one attached hydrogen (secondary N) is 1. The van der Waals surface area contributed by atoms with Gasteiger partial charge < -0.3 is 9.67 Å². The molecule has 0 aliphatic rings. The number of benzene rings is 1. The molecule has 150 valence electrons. The minimum atomic E-state index is -1.41. The van der Waals surface area contributed by atoms with Crippen molar-refractivity contribution in [3.05, 3.63) is 53.3 Å². The highest BCUT2D eigenvalue weighted by Crippen LogP contribution is 2.30. The normalized spacial score (nSPS) is 13.7. The molecule has 0 saturated heterocycles. The number of carbonyl (C=O) groups excluding carboxylic acids is 1. The van der Waals surface area contributed by atoms with Gasteiger partial charge in [-0.15, -0.1) is 0 Å². The van der Waals surface area contributed by atoms with E-state index in [2.05, 4.69) is 21.4 Å². The predicted molar refractivity (Wildman–Crippen MR) is 111 cm³/mol. The van der Waals surface area contributed by atoms with Crippen LogP contribution in [0.2, 0.25) is 0 Å². The lowest BCUT2D eigenvalue weighted by Crippen LogP contribution is -2.31. The lowest BCUT2D eigenvalue weighted by atomic mass is 9.97. The first-order chi connectivity index (χ1) is 13.5. The average molecular weight is 391 g/mol. The molecule has 7 heteroatoms. The molecular weight excluding hydrogens is 366 g/mol. The van der Waals surface area contributed by atoms with Crippen molar-refractivity contribution in [1.29, 1.82) is 5.26 Å². The molecule has 29 heavy (non-hydrogen) atoms. The van der Waals surface area contributed by atoms with Gasteiger partial charge in [0, 0.05) is 11.7 Å². The number of amides is 1. The SMILES string of the molecule is Cc1cc2nc(NC(=O)CC(C)(O)c3ccccn3)n(C(C)(C)C)c2cc1C#N. The number of carbonyl (C=O) groups is 1. The molecule has 1 unspecified atom stereocenters. The van der Waals surface area contributed by atoms with Crippen LogP contribution in [0.4, 0.5) is 5.95 Å². The maximum absolute atomic E-state index is 12.7. The summed E-state index contributed by atoms with van der Waals surface area (Å²) in [5.41, 5.74) is 1.49. The molecule has 1 aromatic carbocycles. The monoisotopic (exact) mass is 391 g/mol. The first-order valence-electron chi connectivity index (χ1n) is 9.40. The molecule has 7 nitrogen and oxygen atoms in total. The number of aromatic nitrogens is 3. The molecule has 2 heterocycles. The zero-order chi connectivity index (χ0) is 21.4. The van der Waals surface area contributed by atoms with Crippen LogP contribution >= 0.6 is 0 Å². The highest BCUT2D eigenvalue weighted by molar-refractivity contribution is 5.92. The molecular formula is C22H25N5O2. The Hall–Kier alpha value is -3.24. The number of rotatable bonds is 4. The van der Waals surface area contributed by atoms with E-state index in [0.29, 0.717) is 22.7 Å². The van der Waals surface area contributed by atoms with Crippen molar-refractivity contribution in [2.75, 3.05) is 5.32 Å². The van der Waals surface area contributed by atoms with E-state index in [1.54, 1.807) is 37.4 Å². The number of aryl methyl sites for hydroxylation is 1. The maximum atomic E-state index is 12.7. The number of anilines is 1. The summed E-state index contributed by atoms with van der Waals surface area (Å²) in [6, 6.07) is 11.0. The van der Waals surface area contributed by atoms with Crippen LogP contribution in [0.5, 0.6) is 0 Å². The molecule has 1 amide bonds. The Morgan fingerprint density at radius 2 is 2.00 bits per heavy atom. The third kappa shape index (κ3) is 4.13. The van der Waals surface area contributed by atoms with Crippen molar-refractivity contribution < 1.29 is 9.90 Å². The number of fused-ring (bicyclic) bond motifs is 1. The highest BCUT2D eigenvalue weighted by Gasteiger charge is 2.30. The second-order valence-corrected chi connectivity index (χ2v) is 8.42. The van der Waals surface area contributed by atoms with Crippen LogP contribution in [-0.2, 0) is 15.9 Å². The summed E-state index contributed by atoms with van der Waals surface area (Å²) in [6.45, 7) is 9.42. The Morgan fingerprint density at radius 1 is 1.28 bits per heavy atom. The zero-order valence-corrected chi connectivity index (χ0v) is 17.3. The zero-order valence-electron chi connectivity index (χ0n) is 17.3. The number of hydrogen-bond acceptors (Lipinski definition) is 5. The van der Waals surface area contributed by atoms with E-state index >= 15 is 0 Å². The summed E-state index contributed by atoms with van der Waals surface area (Å²) in [5, 5.41) is 22.9. The van der Waals surface area contributed by atoms with Crippen molar-refractivity contribution >= 4 is 22.9 Å². The van der Waals surface area contributed by atoms with Gasteiger partial charge in [-0.3, -0.25) is 15.1 Å². The summed E-state index contributed by atoms with van der Waals surface area (Å²) in [5.74, 6) is 0.00231. The Labute approximate surface area is 170 Å². The van der Waals surface area contributed by atoms with Gasteiger partial charge in [-0.25, -0.2) is 4.98 Å². The maximum Gasteiger partial charge on any atom is 0.229 e. The first kappa shape index (κ1) is 20.5. The van der Waals surface area contributed by atoms with Gasteiger partial charge >= 0.3 is 0 Å². The third-order valence-corrected chi connectivity index (χ3v) is 4.76. The molecule has 2 aromatic heterocycles. The average Bonchev–Trinajstić information content (AvgIpc) is 2.97. The highest BCUT2D eigenvalue weighted by atomic mass is 16.3. The van der Waals surface area contributed by atoms with Crippen molar-refractivity contribution in [2.24, 2.45) is 0 Å². The summed E-state index contributed by atoms with van der Waals surface area (Å²) in [4.78, 5) is 21.5. The smallest absolute Gasteiger partial charge is 0.229 e. The molecule has 0 bridgehead atoms. The number of aliphatic hydroxyl groups is 1. The fourth-order valence-electron chi connectivity index (χ4n) is 3.36. The van der Waals surface area contributed by atoms with E-state index in [9.17, 15) is 15.2 Å². The van der Waals surface area contributed by atoms with Gasteiger partial charge in [0.2, 0.25) is 11.9 Å². The van der Waals surface area contributed by atoms with Gasteiger partial charge in [-0.2, -0.15) is 5.26 Å². The summed E-state index contributed by atoms with van der Waals surface area (Å²) in [7, 11) is 0. The topological polar surface area (TPSA) is 104 Å². The molecule has 1 atom stereocenters. The molecule has 0 radical (unpaired) electrons. The van der Waals surface area contributed by atoms with Gasteiger partial charge in [-0.05, 0) is 64.4 Å². The lowest BCUT2D eigenvalue weighted by molar-refractivity contribution is -0.121. The molecule has 2 N–H and O–H groups in total. The third-order valence-electron chi connectivity index (χ3n) is 4.76. The van der Waals surface area contributed by atoms with Crippen LogP contribution in [0.1, 0.15) is 50.9 Å². The van der Waals surface area contributed by atoms with Gasteiger partial charge in [0.05, 0.1) is 34.8 Å². The number of imidazole rings is 1. The summed E-state index contributed by atoms with van der Waals surface area (Å²) < 4.78 is 1.90. The van der Waals surface area contributed by atoms with Crippen molar-refractivity contribution in [1.82, 2.24) is 14.5 Å². The van der Waals surface area contributed by atoms with Crippen LogP contribution in [0.25, 0.3) is 11.0 Å². The second-order valence-electron chi connectivity index (χ2n) is 8.42. The van der Waals surface area contributed by atoms with Gasteiger partial charge in [-0.1, -0.05) is 6.07 Å². The van der Waals surface area contributed by atoms with Crippen molar-refractivity contribution in [3.8, 4) is 6.07 Å². The van der Waals surface area contributed by atoms with Crippen LogP contribution in [0.3, 0.4) is 0 Å². The molecule has 0 saturated carbocycles. The molecule has 0 aliphatic heterocycles. The Bertz CT molecular complexity index is 1100. The van der Waals surface area contributed by atoms with Crippen molar-refractivity contribution in [2.45, 2.75) is 52.2 Å². The molecule has 0 fully saturated rings. The predicted octanol–water partition coefficient (Wildman–Crippen LogP) is 3.60. The van der Waals surface area contributed by atoms with Crippen LogP contribution in [0, 0.1) is 18.3 Å². The first-order valence-corrected chi connectivity index (χ1v) is 9.40. The minimum Gasteiger partial charge on any atom is -0.383 e. The van der Waals surface area contributed by atoms with Gasteiger partial charge in [0.1, 0.15) is 5.60 Å². The number of pyridine rings is 1. The molecule has 3 aromatic rings. The largest absolute Gasteiger partial charge is 0.383 e. The Kier molecular flexibility index (Phi) is 5.16. The van der Waals surface area contributed by atoms with E-state index in [1.807, 2.05) is 38.3 Å². The minimum absolute atomic E-state index is 0.167. The van der Waals surface area contributed by atoms with E-state index in [-0.39, 0.29) is 17.9 Å². The quantitative estimate of drug-likeness (QED) is 0.707. The van der Waals surface area contributed by atoms with E-state index in [4.69, 9.17) is 0 Å². The Morgan fingerprint density at radius 3 is 2.59 bits per heavy atom. The summed E-state index contributed by atoms with van der Waals surface area (Å²) in [6.07, 6.45) is 1.41. The van der Waals surface area contributed by atoms with E-state index in [1.165, 1.54) is 0 Å². The van der Waals surface area contributed by atoms with Crippen LogP contribution in [-0.4, -0.2) is 25.5 Å². The number of nitriles is 1. The van der Waals surface area contributed by atoms with Crippen LogP contribution < -0.4 is 5.32 Å². The molecule has 0 aliphatic carbocycles. The summed E-state index contributed by atoms with van der Waals surface area (Å²) >= 11 is 0. The standard InChI is InChI=1S/C22H25N5O2/c1-14-10-16-17(11-15(14)13-23)27(21(2,3)4)20(25-16)26-19(28)12-22(5,29)18-8-6-7-9-24-18/h6-11,29H,12H2,1-5H3,(H,25,26,28). The molecule has 3 rings (SSSR count). The molecule has 0 spiro atoms. The lowest BCUT2D eigenvalue weighted by Gasteiger charge is -2.26. The number of hydrogen-bond donors (Lipinski definition) is 2. The Balaban J connectivity index is 1.97. The second kappa shape index (κ2) is 7.30. The van der Waals surface area contributed by atoms with Gasteiger partial charge in [0.25, 0.3) is 0 Å². The van der Waals surface area contributed by atoms with Crippen molar-refractivity contribution in [3.63, 3.8) is 0 Å². The fraction of sp³-hybridized carbons (Fsp3) is 0.364. The van der Waals surface area contributed by atoms with E-state index in [0.717, 1.165) is 11.1 Å².